The summed E-state index contributed by atoms with van der Waals surface area (Å²) < 4.78 is 4.67. The highest BCUT2D eigenvalue weighted by molar-refractivity contribution is 8.00. The maximum absolute atomic E-state index is 11.2. The molecule has 0 aliphatic carbocycles. The summed E-state index contributed by atoms with van der Waals surface area (Å²) in [5, 5.41) is 0.220. The van der Waals surface area contributed by atoms with Crippen molar-refractivity contribution >= 4 is 30.4 Å². The fourth-order valence-corrected chi connectivity index (χ4v) is 3.32. The summed E-state index contributed by atoms with van der Waals surface area (Å²) in [6.07, 6.45) is 0. The molecule has 4 heteroatoms. The third-order valence-electron chi connectivity index (χ3n) is 3.53. The lowest BCUT2D eigenvalue weighted by atomic mass is 10.0. The molecule has 0 saturated heterocycles. The van der Waals surface area contributed by atoms with Gasteiger partial charge in [0.15, 0.2) is 0 Å². The van der Waals surface area contributed by atoms with Crippen molar-refractivity contribution in [2.24, 2.45) is 0 Å². The topological polar surface area (TPSA) is 26.3 Å². The highest BCUT2D eigenvalue weighted by Gasteiger charge is 2.11. The largest absolute Gasteiger partial charge is 0.468 e. The van der Waals surface area contributed by atoms with Crippen LogP contribution in [0.2, 0.25) is 0 Å². The molecule has 0 fully saturated rings. The second kappa shape index (κ2) is 7.75. The number of rotatable bonds is 5. The summed E-state index contributed by atoms with van der Waals surface area (Å²) in [6.45, 7) is 4.16. The van der Waals surface area contributed by atoms with E-state index in [1.807, 2.05) is 0 Å². The molecular weight excluding hydrogens is 312 g/mol. The fraction of sp³-hybridized carbons (Fsp3) is 0.278. The zero-order chi connectivity index (χ0) is 16.1. The molecule has 1 atom stereocenters. The first kappa shape index (κ1) is 17.0. The molecule has 0 aromatic heterocycles. The molecule has 2 rings (SSSR count). The van der Waals surface area contributed by atoms with E-state index in [2.05, 4.69) is 73.7 Å². The predicted molar refractivity (Wildman–Crippen MR) is 96.8 cm³/mol. The number of benzene rings is 2. The Balaban J connectivity index is 2.15. The van der Waals surface area contributed by atoms with Crippen LogP contribution in [0.5, 0.6) is 0 Å². The van der Waals surface area contributed by atoms with Gasteiger partial charge in [-0.1, -0.05) is 42.0 Å². The van der Waals surface area contributed by atoms with Crippen molar-refractivity contribution in [3.05, 3.63) is 53.6 Å². The van der Waals surface area contributed by atoms with Gasteiger partial charge in [-0.25, -0.2) is 0 Å². The number of ether oxygens (including phenoxy) is 1. The Kier molecular flexibility index (Phi) is 5.98. The van der Waals surface area contributed by atoms with Gasteiger partial charge < -0.3 is 4.74 Å². The van der Waals surface area contributed by atoms with E-state index in [9.17, 15) is 4.79 Å². The van der Waals surface area contributed by atoms with Gasteiger partial charge in [-0.05, 0) is 36.6 Å². The van der Waals surface area contributed by atoms with Gasteiger partial charge >= 0.3 is 5.97 Å². The highest BCUT2D eigenvalue weighted by Crippen LogP contribution is 2.34. The molecule has 0 aliphatic rings. The van der Waals surface area contributed by atoms with Gasteiger partial charge in [0, 0.05) is 10.1 Å². The minimum atomic E-state index is -0.195. The van der Waals surface area contributed by atoms with Gasteiger partial charge in [-0.2, -0.15) is 0 Å². The van der Waals surface area contributed by atoms with E-state index in [0.717, 1.165) is 21.6 Å². The average Bonchev–Trinajstić information content (AvgIpc) is 2.53. The maximum atomic E-state index is 11.2. The van der Waals surface area contributed by atoms with Crippen LogP contribution in [-0.4, -0.2) is 18.8 Å². The lowest BCUT2D eigenvalue weighted by molar-refractivity contribution is -0.137. The minimum Gasteiger partial charge on any atom is -0.468 e. The van der Waals surface area contributed by atoms with E-state index in [1.165, 1.54) is 12.7 Å². The Morgan fingerprint density at radius 2 is 1.91 bits per heavy atom. The lowest BCUT2D eigenvalue weighted by Crippen LogP contribution is -2.04. The summed E-state index contributed by atoms with van der Waals surface area (Å²) in [6, 6.07) is 14.7. The van der Waals surface area contributed by atoms with Gasteiger partial charge in [-0.3, -0.25) is 4.79 Å². The van der Waals surface area contributed by atoms with E-state index in [1.54, 1.807) is 11.8 Å². The third kappa shape index (κ3) is 4.31. The summed E-state index contributed by atoms with van der Waals surface area (Å²) in [4.78, 5) is 12.2. The first-order valence-electron chi connectivity index (χ1n) is 7.09. The molecule has 0 saturated carbocycles. The molecule has 2 aromatic rings. The van der Waals surface area contributed by atoms with Crippen LogP contribution in [0.1, 0.15) is 23.3 Å². The number of methoxy groups -OCH3 is 1. The molecule has 116 valence electrons. The van der Waals surface area contributed by atoms with Gasteiger partial charge in [0.05, 0.1) is 12.9 Å². The predicted octanol–water partition coefficient (Wildman–Crippen LogP) is 4.92. The zero-order valence-electron chi connectivity index (χ0n) is 13.0. The van der Waals surface area contributed by atoms with Crippen molar-refractivity contribution in [2.75, 3.05) is 12.9 Å². The Morgan fingerprint density at radius 3 is 2.50 bits per heavy atom. The number of carbonyl (C=O) groups is 1. The second-order valence-corrected chi connectivity index (χ2v) is 6.98. The molecule has 1 unspecified atom stereocenters. The Labute approximate surface area is 141 Å². The van der Waals surface area contributed by atoms with E-state index >= 15 is 0 Å². The number of esters is 1. The lowest BCUT2D eigenvalue weighted by Gasteiger charge is -2.14. The molecule has 0 aliphatic heterocycles. The van der Waals surface area contributed by atoms with Crippen LogP contribution in [0.25, 0.3) is 11.1 Å². The number of aryl methyl sites for hydroxylation is 1. The molecule has 0 amide bonds. The molecule has 0 bridgehead atoms. The van der Waals surface area contributed by atoms with Crippen LogP contribution >= 0.6 is 24.4 Å². The van der Waals surface area contributed by atoms with E-state index < -0.39 is 0 Å². The number of hydrogen-bond donors (Lipinski definition) is 1. The Hall–Kier alpha value is -1.39. The average molecular weight is 332 g/mol. The van der Waals surface area contributed by atoms with Crippen LogP contribution in [0.3, 0.4) is 0 Å². The molecule has 2 aromatic carbocycles. The van der Waals surface area contributed by atoms with Crippen LogP contribution < -0.4 is 0 Å². The number of carbonyl (C=O) groups excluding carboxylic acids is 1. The second-order valence-electron chi connectivity index (χ2n) is 5.17. The SMILES string of the molecule is COC(=O)CSC(C)c1ccc(-c2ccc(C)cc2)c(S)c1. The molecule has 0 spiro atoms. The van der Waals surface area contributed by atoms with Crippen molar-refractivity contribution in [1.82, 2.24) is 0 Å². The van der Waals surface area contributed by atoms with Crippen LogP contribution in [0, 0.1) is 6.92 Å². The Bertz CT molecular complexity index is 651. The standard InChI is InChI=1S/C18H20O2S2/c1-12-4-6-14(7-5-12)16-9-8-15(10-17(16)21)13(2)22-11-18(19)20-3/h4-10,13,21H,11H2,1-3H3. The number of thioether (sulfide) groups is 1. The van der Waals surface area contributed by atoms with Crippen LogP contribution in [0.4, 0.5) is 0 Å². The Morgan fingerprint density at radius 1 is 1.23 bits per heavy atom. The van der Waals surface area contributed by atoms with Crippen molar-refractivity contribution in [1.29, 1.82) is 0 Å². The molecule has 2 nitrogen and oxygen atoms in total. The van der Waals surface area contributed by atoms with E-state index in [-0.39, 0.29) is 11.2 Å². The van der Waals surface area contributed by atoms with Gasteiger partial charge in [0.2, 0.25) is 0 Å². The van der Waals surface area contributed by atoms with Gasteiger partial charge in [0.25, 0.3) is 0 Å². The highest BCUT2D eigenvalue weighted by atomic mass is 32.2. The van der Waals surface area contributed by atoms with Crippen molar-refractivity contribution in [2.45, 2.75) is 24.0 Å². The number of hydrogen-bond acceptors (Lipinski definition) is 4. The fourth-order valence-electron chi connectivity index (χ4n) is 2.13. The summed E-state index contributed by atoms with van der Waals surface area (Å²) in [5.41, 5.74) is 4.69. The quantitative estimate of drug-likeness (QED) is 0.622. The minimum absolute atomic E-state index is 0.195. The van der Waals surface area contributed by atoms with Crippen LogP contribution in [-0.2, 0) is 9.53 Å². The van der Waals surface area contributed by atoms with Crippen molar-refractivity contribution in [3.63, 3.8) is 0 Å². The van der Waals surface area contributed by atoms with E-state index in [0.29, 0.717) is 5.75 Å². The number of thiol groups is 1. The molecule has 22 heavy (non-hydrogen) atoms. The van der Waals surface area contributed by atoms with Crippen molar-refractivity contribution < 1.29 is 9.53 Å². The van der Waals surface area contributed by atoms with E-state index in [4.69, 9.17) is 0 Å². The maximum Gasteiger partial charge on any atom is 0.315 e. The van der Waals surface area contributed by atoms with Gasteiger partial charge in [-0.15, -0.1) is 24.4 Å². The zero-order valence-corrected chi connectivity index (χ0v) is 14.7. The summed E-state index contributed by atoms with van der Waals surface area (Å²) in [5.74, 6) is 0.165. The van der Waals surface area contributed by atoms with Gasteiger partial charge in [0.1, 0.15) is 0 Å². The molecule has 0 radical (unpaired) electrons. The first-order chi connectivity index (χ1) is 10.5. The summed E-state index contributed by atoms with van der Waals surface area (Å²) in [7, 11) is 1.41. The summed E-state index contributed by atoms with van der Waals surface area (Å²) >= 11 is 6.19. The molecular formula is C18H20O2S2. The first-order valence-corrected chi connectivity index (χ1v) is 8.59. The smallest absolute Gasteiger partial charge is 0.315 e. The van der Waals surface area contributed by atoms with Crippen molar-refractivity contribution in [3.8, 4) is 11.1 Å². The monoisotopic (exact) mass is 332 g/mol. The third-order valence-corrected chi connectivity index (χ3v) is 5.08. The normalized spacial score (nSPS) is 12.0. The molecule has 0 heterocycles. The molecule has 0 N–H and O–H groups in total. The van der Waals surface area contributed by atoms with Crippen LogP contribution in [0.15, 0.2) is 47.4 Å².